The molecule has 22 heavy (non-hydrogen) atoms. The second-order valence-electron chi connectivity index (χ2n) is 5.48. The van der Waals surface area contributed by atoms with Crippen molar-refractivity contribution in [2.45, 2.75) is 19.8 Å². The molecule has 0 fully saturated rings. The molecule has 0 unspecified atom stereocenters. The summed E-state index contributed by atoms with van der Waals surface area (Å²) in [4.78, 5) is 23.6. The first-order valence-electron chi connectivity index (χ1n) is 7.13. The number of anilines is 1. The van der Waals surface area contributed by atoms with Crippen LogP contribution in [-0.2, 0) is 9.59 Å². The Balaban J connectivity index is 1.79. The standard InChI is InChI=1S/C16H17NO5/c1-9-6-13-14(22-8-21-13)7-12(9)17-15(18)10-4-2-3-5-11(10)16(19)20/h2-3,6-7,10-11H,4-5,8H2,1H3,(H,17,18)(H,19,20)/p-1/t10-,11-/m1/s1. The number of rotatable bonds is 3. The fourth-order valence-electron chi connectivity index (χ4n) is 2.77. The molecule has 0 radical (unpaired) electrons. The predicted octanol–water partition coefficient (Wildman–Crippen LogP) is 0.995. The lowest BCUT2D eigenvalue weighted by atomic mass is 9.82. The van der Waals surface area contributed by atoms with Crippen LogP contribution in [-0.4, -0.2) is 18.7 Å². The van der Waals surface area contributed by atoms with Gasteiger partial charge in [0.1, 0.15) is 0 Å². The fourth-order valence-corrected chi connectivity index (χ4v) is 2.77. The Bertz CT molecular complexity index is 652. The van der Waals surface area contributed by atoms with Crippen LogP contribution < -0.4 is 19.9 Å². The quantitative estimate of drug-likeness (QED) is 0.841. The van der Waals surface area contributed by atoms with E-state index < -0.39 is 17.8 Å². The van der Waals surface area contributed by atoms with Crippen LogP contribution in [0.3, 0.4) is 0 Å². The smallest absolute Gasteiger partial charge is 0.231 e. The summed E-state index contributed by atoms with van der Waals surface area (Å²) in [5, 5.41) is 14.0. The summed E-state index contributed by atoms with van der Waals surface area (Å²) in [6, 6.07) is 3.48. The summed E-state index contributed by atoms with van der Waals surface area (Å²) in [7, 11) is 0. The minimum absolute atomic E-state index is 0.159. The van der Waals surface area contributed by atoms with Crippen LogP contribution in [0.2, 0.25) is 0 Å². The van der Waals surface area contributed by atoms with Crippen molar-refractivity contribution in [1.29, 1.82) is 0 Å². The van der Waals surface area contributed by atoms with E-state index in [0.717, 1.165) is 5.56 Å². The van der Waals surface area contributed by atoms with Crippen molar-refractivity contribution in [3.8, 4) is 11.5 Å². The zero-order valence-corrected chi connectivity index (χ0v) is 12.1. The van der Waals surface area contributed by atoms with Crippen molar-refractivity contribution in [1.82, 2.24) is 0 Å². The molecule has 0 aromatic heterocycles. The molecule has 1 heterocycles. The van der Waals surface area contributed by atoms with Crippen LogP contribution in [0.15, 0.2) is 24.3 Å². The highest BCUT2D eigenvalue weighted by Gasteiger charge is 2.30. The average Bonchev–Trinajstić information content (AvgIpc) is 2.94. The number of carboxylic acids is 1. The lowest BCUT2D eigenvalue weighted by molar-refractivity contribution is -0.313. The van der Waals surface area contributed by atoms with Crippen LogP contribution >= 0.6 is 0 Å². The maximum absolute atomic E-state index is 12.4. The summed E-state index contributed by atoms with van der Waals surface area (Å²) in [6.45, 7) is 2.00. The molecule has 116 valence electrons. The van der Waals surface area contributed by atoms with Crippen LogP contribution in [0.1, 0.15) is 18.4 Å². The van der Waals surface area contributed by atoms with Crippen molar-refractivity contribution in [3.05, 3.63) is 29.8 Å². The first kappa shape index (κ1) is 14.4. The van der Waals surface area contributed by atoms with E-state index >= 15 is 0 Å². The molecule has 1 aromatic rings. The molecule has 1 amide bonds. The van der Waals surface area contributed by atoms with Crippen LogP contribution in [0.25, 0.3) is 0 Å². The molecule has 2 atom stereocenters. The Hall–Kier alpha value is -2.50. The Kier molecular flexibility index (Phi) is 3.75. The number of hydrogen-bond donors (Lipinski definition) is 1. The minimum atomic E-state index is -1.19. The van der Waals surface area contributed by atoms with Crippen LogP contribution in [0, 0.1) is 18.8 Å². The van der Waals surface area contributed by atoms with E-state index in [-0.39, 0.29) is 12.7 Å². The Morgan fingerprint density at radius 1 is 1.14 bits per heavy atom. The number of carbonyl (C=O) groups excluding carboxylic acids is 2. The largest absolute Gasteiger partial charge is 0.550 e. The second kappa shape index (κ2) is 5.71. The summed E-state index contributed by atoms with van der Waals surface area (Å²) in [5.74, 6) is -1.71. The van der Waals surface area contributed by atoms with E-state index in [0.29, 0.717) is 30.0 Å². The lowest BCUT2D eigenvalue weighted by Gasteiger charge is -2.28. The zero-order chi connectivity index (χ0) is 15.7. The molecule has 0 spiro atoms. The molecule has 1 aromatic carbocycles. The lowest BCUT2D eigenvalue weighted by Crippen LogP contribution is -2.41. The number of amides is 1. The highest BCUT2D eigenvalue weighted by Crippen LogP contribution is 2.37. The number of fused-ring (bicyclic) bond motifs is 1. The third-order valence-corrected chi connectivity index (χ3v) is 4.05. The molecule has 2 aliphatic rings. The topological polar surface area (TPSA) is 87.7 Å². The zero-order valence-electron chi connectivity index (χ0n) is 12.1. The van der Waals surface area contributed by atoms with Gasteiger partial charge < -0.3 is 24.7 Å². The predicted molar refractivity (Wildman–Crippen MR) is 76.3 cm³/mol. The first-order chi connectivity index (χ1) is 10.6. The van der Waals surface area contributed by atoms with Gasteiger partial charge in [0.05, 0.1) is 5.92 Å². The van der Waals surface area contributed by atoms with E-state index in [1.54, 1.807) is 18.2 Å². The molecular weight excluding hydrogens is 286 g/mol. The van der Waals surface area contributed by atoms with Gasteiger partial charge in [0, 0.05) is 23.6 Å². The Morgan fingerprint density at radius 2 is 1.77 bits per heavy atom. The van der Waals surface area contributed by atoms with Crippen LogP contribution in [0.4, 0.5) is 5.69 Å². The number of aliphatic carboxylic acids is 1. The van der Waals surface area contributed by atoms with Crippen molar-refractivity contribution < 1.29 is 24.2 Å². The SMILES string of the molecule is Cc1cc2c(cc1NC(=O)[C@@H]1CC=CC[C@H]1C(=O)[O-])OCO2. The number of hydrogen-bond acceptors (Lipinski definition) is 5. The number of benzene rings is 1. The highest BCUT2D eigenvalue weighted by atomic mass is 16.7. The normalized spacial score (nSPS) is 22.4. The van der Waals surface area contributed by atoms with Crippen molar-refractivity contribution in [2.24, 2.45) is 11.8 Å². The van der Waals surface area contributed by atoms with E-state index in [1.807, 2.05) is 13.0 Å². The third-order valence-electron chi connectivity index (χ3n) is 4.05. The molecule has 0 saturated heterocycles. The maximum atomic E-state index is 12.4. The van der Waals surface area contributed by atoms with Gasteiger partial charge in [-0.3, -0.25) is 4.79 Å². The summed E-state index contributed by atoms with van der Waals surface area (Å²) in [5.41, 5.74) is 1.43. The third kappa shape index (κ3) is 2.64. The van der Waals surface area contributed by atoms with E-state index in [2.05, 4.69) is 5.32 Å². The molecule has 1 aliphatic carbocycles. The van der Waals surface area contributed by atoms with E-state index in [1.165, 1.54) is 0 Å². The first-order valence-corrected chi connectivity index (χ1v) is 7.13. The monoisotopic (exact) mass is 302 g/mol. The van der Waals surface area contributed by atoms with Crippen molar-refractivity contribution >= 4 is 17.6 Å². The van der Waals surface area contributed by atoms with Gasteiger partial charge in [-0.2, -0.15) is 0 Å². The summed E-state index contributed by atoms with van der Waals surface area (Å²) in [6.07, 6.45) is 4.32. The van der Waals surface area contributed by atoms with Gasteiger partial charge in [-0.15, -0.1) is 0 Å². The molecular formula is C16H16NO5-. The number of aryl methyl sites for hydroxylation is 1. The molecule has 3 rings (SSSR count). The summed E-state index contributed by atoms with van der Waals surface area (Å²) >= 11 is 0. The highest BCUT2D eigenvalue weighted by molar-refractivity contribution is 5.96. The maximum Gasteiger partial charge on any atom is 0.231 e. The van der Waals surface area contributed by atoms with Gasteiger partial charge in [0.15, 0.2) is 11.5 Å². The molecule has 0 saturated carbocycles. The van der Waals surface area contributed by atoms with Crippen LogP contribution in [0.5, 0.6) is 11.5 Å². The molecule has 0 bridgehead atoms. The Morgan fingerprint density at radius 3 is 2.45 bits per heavy atom. The number of ether oxygens (including phenoxy) is 2. The Labute approximate surface area is 127 Å². The van der Waals surface area contributed by atoms with Gasteiger partial charge in [-0.1, -0.05) is 12.2 Å². The number of carbonyl (C=O) groups is 2. The molecule has 6 nitrogen and oxygen atoms in total. The van der Waals surface area contributed by atoms with Gasteiger partial charge in [0.25, 0.3) is 0 Å². The minimum Gasteiger partial charge on any atom is -0.550 e. The number of allylic oxidation sites excluding steroid dienone is 2. The van der Waals surface area contributed by atoms with Gasteiger partial charge in [-0.25, -0.2) is 0 Å². The number of nitrogens with one attached hydrogen (secondary N) is 1. The van der Waals surface area contributed by atoms with Crippen molar-refractivity contribution in [3.63, 3.8) is 0 Å². The van der Waals surface area contributed by atoms with Gasteiger partial charge in [-0.05, 0) is 31.4 Å². The average molecular weight is 302 g/mol. The molecule has 1 aliphatic heterocycles. The summed E-state index contributed by atoms with van der Waals surface area (Å²) < 4.78 is 10.6. The van der Waals surface area contributed by atoms with Gasteiger partial charge in [0.2, 0.25) is 12.7 Å². The van der Waals surface area contributed by atoms with E-state index in [9.17, 15) is 14.7 Å². The molecule has 1 N–H and O–H groups in total. The number of carboxylic acid groups (broad SMARTS) is 1. The van der Waals surface area contributed by atoms with Gasteiger partial charge >= 0.3 is 0 Å². The fraction of sp³-hybridized carbons (Fsp3) is 0.375. The second-order valence-corrected chi connectivity index (χ2v) is 5.48. The van der Waals surface area contributed by atoms with Crippen molar-refractivity contribution in [2.75, 3.05) is 12.1 Å². The van der Waals surface area contributed by atoms with E-state index in [4.69, 9.17) is 9.47 Å². The molecule has 6 heteroatoms.